The van der Waals surface area contributed by atoms with Crippen molar-refractivity contribution in [2.75, 3.05) is 13.2 Å². The molecule has 2 heteroatoms. The van der Waals surface area contributed by atoms with Crippen LogP contribution in [0.2, 0.25) is 0 Å². The van der Waals surface area contributed by atoms with Gasteiger partial charge in [0.1, 0.15) is 0 Å². The zero-order valence-corrected chi connectivity index (χ0v) is 9.95. The van der Waals surface area contributed by atoms with Crippen molar-refractivity contribution < 1.29 is 9.47 Å². The topological polar surface area (TPSA) is 25.1 Å². The molecule has 16 heavy (non-hydrogen) atoms. The molecule has 0 aromatic heterocycles. The first-order valence-corrected chi connectivity index (χ1v) is 6.05. The Morgan fingerprint density at radius 3 is 2.31 bits per heavy atom. The predicted molar refractivity (Wildman–Crippen MR) is 62.8 cm³/mol. The highest BCUT2D eigenvalue weighted by molar-refractivity contribution is 5.41. The lowest BCUT2D eigenvalue weighted by atomic mass is 9.92. The van der Waals surface area contributed by atoms with Gasteiger partial charge in [-0.2, -0.15) is 0 Å². The lowest BCUT2D eigenvalue weighted by Crippen LogP contribution is -2.04. The lowest BCUT2D eigenvalue weighted by molar-refractivity contribution is 0.405. The number of hydrogen-bond acceptors (Lipinski definition) is 2. The van der Waals surface area contributed by atoms with Crippen molar-refractivity contribution in [3.63, 3.8) is 0 Å². The monoisotopic (exact) mass is 218 g/mol. The summed E-state index contributed by atoms with van der Waals surface area (Å²) in [6.07, 6.45) is 3.11. The quantitative estimate of drug-likeness (QED) is 0.724. The van der Waals surface area contributed by atoms with Crippen molar-refractivity contribution in [3.05, 3.63) is 34.4 Å². The van der Waals surface area contributed by atoms with Crippen LogP contribution in [-0.2, 0) is 22.3 Å². The van der Waals surface area contributed by atoms with E-state index in [0.29, 0.717) is 12.2 Å². The average molecular weight is 218 g/mol. The molecule has 86 valence electrons. The van der Waals surface area contributed by atoms with Crippen molar-refractivity contribution in [2.24, 2.45) is 0 Å². The van der Waals surface area contributed by atoms with Crippen molar-refractivity contribution in [3.8, 4) is 0 Å². The number of ether oxygens (including phenoxy) is 2. The van der Waals surface area contributed by atoms with E-state index in [2.05, 4.69) is 26.0 Å². The molecule has 0 radical (unpaired) electrons. The Balaban J connectivity index is 1.86. The molecule has 2 saturated heterocycles. The Labute approximate surface area is 96.6 Å². The van der Waals surface area contributed by atoms with E-state index < -0.39 is 0 Å². The summed E-state index contributed by atoms with van der Waals surface area (Å²) in [5.41, 5.74) is 5.78. The maximum absolute atomic E-state index is 5.33. The maximum Gasteiger partial charge on any atom is 0.0850 e. The van der Waals surface area contributed by atoms with Gasteiger partial charge in [-0.05, 0) is 36.1 Å². The fourth-order valence-electron chi connectivity index (χ4n) is 2.32. The van der Waals surface area contributed by atoms with E-state index in [0.717, 1.165) is 26.1 Å². The molecule has 2 fully saturated rings. The third-order valence-electron chi connectivity index (χ3n) is 3.63. The van der Waals surface area contributed by atoms with Crippen LogP contribution in [0.5, 0.6) is 0 Å². The van der Waals surface area contributed by atoms with Gasteiger partial charge in [-0.15, -0.1) is 0 Å². The molecule has 0 amide bonds. The third kappa shape index (κ3) is 2.13. The second-order valence-electron chi connectivity index (χ2n) is 4.96. The highest BCUT2D eigenvalue weighted by Gasteiger charge is 2.27. The van der Waals surface area contributed by atoms with Gasteiger partial charge in [-0.1, -0.05) is 12.1 Å². The smallest absolute Gasteiger partial charge is 0.0850 e. The van der Waals surface area contributed by atoms with Crippen LogP contribution in [0.25, 0.3) is 0 Å². The molecule has 0 bridgehead atoms. The Hall–Kier alpha value is -0.860. The van der Waals surface area contributed by atoms with E-state index >= 15 is 0 Å². The van der Waals surface area contributed by atoms with Gasteiger partial charge in [0.15, 0.2) is 0 Å². The first-order chi connectivity index (χ1) is 7.74. The first-order valence-electron chi connectivity index (χ1n) is 6.05. The minimum atomic E-state index is 0.477. The van der Waals surface area contributed by atoms with E-state index in [-0.39, 0.29) is 0 Å². The first kappa shape index (κ1) is 10.3. The Bertz CT molecular complexity index is 403. The molecule has 2 unspecified atom stereocenters. The second-order valence-corrected chi connectivity index (χ2v) is 4.96. The van der Waals surface area contributed by atoms with Crippen LogP contribution in [0.3, 0.4) is 0 Å². The molecular weight excluding hydrogens is 200 g/mol. The largest absolute Gasteiger partial charge is 0.373 e. The summed E-state index contributed by atoms with van der Waals surface area (Å²) in [5.74, 6) is 0. The van der Waals surface area contributed by atoms with Crippen LogP contribution in [0.4, 0.5) is 0 Å². The second kappa shape index (κ2) is 3.86. The summed E-state index contributed by atoms with van der Waals surface area (Å²) in [6, 6.07) is 4.49. The minimum Gasteiger partial charge on any atom is -0.373 e. The van der Waals surface area contributed by atoms with Crippen LogP contribution in [0.1, 0.15) is 22.3 Å². The minimum absolute atomic E-state index is 0.477. The fraction of sp³-hybridized carbons (Fsp3) is 0.571. The molecule has 2 atom stereocenters. The predicted octanol–water partition coefficient (Wildman–Crippen LogP) is 2.19. The van der Waals surface area contributed by atoms with Crippen molar-refractivity contribution >= 4 is 0 Å². The highest BCUT2D eigenvalue weighted by Crippen LogP contribution is 2.26. The molecule has 0 spiro atoms. The Kier molecular flexibility index (Phi) is 2.49. The van der Waals surface area contributed by atoms with Crippen molar-refractivity contribution in [1.82, 2.24) is 0 Å². The number of epoxide rings is 2. The molecule has 1 aromatic carbocycles. The van der Waals surface area contributed by atoms with Gasteiger partial charge < -0.3 is 9.47 Å². The summed E-state index contributed by atoms with van der Waals surface area (Å²) in [4.78, 5) is 0. The molecule has 2 nitrogen and oxygen atoms in total. The molecule has 2 aliphatic heterocycles. The van der Waals surface area contributed by atoms with Gasteiger partial charge >= 0.3 is 0 Å². The zero-order valence-electron chi connectivity index (χ0n) is 9.95. The summed E-state index contributed by atoms with van der Waals surface area (Å²) in [5, 5.41) is 0. The van der Waals surface area contributed by atoms with E-state index in [4.69, 9.17) is 9.47 Å². The molecule has 3 rings (SSSR count). The van der Waals surface area contributed by atoms with Crippen LogP contribution in [-0.4, -0.2) is 25.4 Å². The molecular formula is C14H18O2. The fourth-order valence-corrected chi connectivity index (χ4v) is 2.32. The van der Waals surface area contributed by atoms with Crippen molar-refractivity contribution in [2.45, 2.75) is 38.9 Å². The standard InChI is InChI=1S/C14H18O2/c1-9-3-4-11(5-12-7-15-12)10(2)14(9)6-13-8-16-13/h3-4,12-13H,5-8H2,1-2H3. The highest BCUT2D eigenvalue weighted by atomic mass is 16.6. The summed E-state index contributed by atoms with van der Waals surface area (Å²) in [6.45, 7) is 6.31. The molecule has 0 aliphatic carbocycles. The molecule has 0 N–H and O–H groups in total. The van der Waals surface area contributed by atoms with Gasteiger partial charge in [0, 0.05) is 12.8 Å². The van der Waals surface area contributed by atoms with E-state index in [1.54, 1.807) is 0 Å². The van der Waals surface area contributed by atoms with E-state index in [1.165, 1.54) is 22.3 Å². The maximum atomic E-state index is 5.33. The lowest BCUT2D eigenvalue weighted by Gasteiger charge is -2.13. The molecule has 2 aliphatic rings. The third-order valence-corrected chi connectivity index (χ3v) is 3.63. The Morgan fingerprint density at radius 1 is 1.06 bits per heavy atom. The summed E-state index contributed by atoms with van der Waals surface area (Å²) < 4.78 is 10.6. The van der Waals surface area contributed by atoms with Crippen molar-refractivity contribution in [1.29, 1.82) is 0 Å². The molecule has 2 heterocycles. The number of benzene rings is 1. The summed E-state index contributed by atoms with van der Waals surface area (Å²) >= 11 is 0. The number of rotatable bonds is 4. The normalized spacial score (nSPS) is 26.9. The number of hydrogen-bond donors (Lipinski definition) is 0. The SMILES string of the molecule is Cc1ccc(CC2CO2)c(C)c1CC1CO1. The molecule has 1 aromatic rings. The van der Waals surface area contributed by atoms with E-state index in [1.807, 2.05) is 0 Å². The van der Waals surface area contributed by atoms with Gasteiger partial charge in [0.05, 0.1) is 25.4 Å². The van der Waals surface area contributed by atoms with Gasteiger partial charge in [0.25, 0.3) is 0 Å². The van der Waals surface area contributed by atoms with Crippen LogP contribution >= 0.6 is 0 Å². The summed E-state index contributed by atoms with van der Waals surface area (Å²) in [7, 11) is 0. The van der Waals surface area contributed by atoms with E-state index in [9.17, 15) is 0 Å². The number of aryl methyl sites for hydroxylation is 1. The van der Waals surface area contributed by atoms with Crippen LogP contribution < -0.4 is 0 Å². The average Bonchev–Trinajstić information content (AvgIpc) is 3.11. The zero-order chi connectivity index (χ0) is 11.1. The molecule has 0 saturated carbocycles. The van der Waals surface area contributed by atoms with Crippen LogP contribution in [0, 0.1) is 13.8 Å². The van der Waals surface area contributed by atoms with Crippen LogP contribution in [0.15, 0.2) is 12.1 Å². The Morgan fingerprint density at radius 2 is 1.69 bits per heavy atom. The van der Waals surface area contributed by atoms with Gasteiger partial charge in [0.2, 0.25) is 0 Å². The van der Waals surface area contributed by atoms with Gasteiger partial charge in [-0.25, -0.2) is 0 Å². The van der Waals surface area contributed by atoms with Gasteiger partial charge in [-0.3, -0.25) is 0 Å².